The Bertz CT molecular complexity index is 855. The molecule has 29 heavy (non-hydrogen) atoms. The third kappa shape index (κ3) is 6.57. The summed E-state index contributed by atoms with van der Waals surface area (Å²) in [6.45, 7) is 3.82. The maximum atomic E-state index is 12.3. The number of esters is 1. The second-order valence-corrected chi connectivity index (χ2v) is 5.98. The summed E-state index contributed by atoms with van der Waals surface area (Å²) in [7, 11) is 3.08. The molecular formula is C22H25NO6. The molecule has 2 aromatic carbocycles. The number of anilines is 1. The van der Waals surface area contributed by atoms with Gasteiger partial charge in [-0.1, -0.05) is 12.1 Å². The molecule has 0 fully saturated rings. The number of para-hydroxylation sites is 2. The van der Waals surface area contributed by atoms with Gasteiger partial charge in [0.2, 0.25) is 0 Å². The smallest absolute Gasteiger partial charge is 0.331 e. The number of ether oxygens (including phenoxy) is 4. The molecule has 0 radical (unpaired) electrons. The normalized spacial score (nSPS) is 11.6. The summed E-state index contributed by atoms with van der Waals surface area (Å²) in [5.74, 6) is 0.638. The fourth-order valence-corrected chi connectivity index (χ4v) is 2.44. The molecule has 2 rings (SSSR count). The maximum absolute atomic E-state index is 12.3. The van der Waals surface area contributed by atoms with Crippen LogP contribution in [0.15, 0.2) is 48.5 Å². The maximum Gasteiger partial charge on any atom is 0.331 e. The van der Waals surface area contributed by atoms with Crippen LogP contribution in [0.2, 0.25) is 0 Å². The van der Waals surface area contributed by atoms with E-state index in [0.29, 0.717) is 35.1 Å². The Kier molecular flexibility index (Phi) is 8.09. The van der Waals surface area contributed by atoms with E-state index in [-0.39, 0.29) is 0 Å². The Morgan fingerprint density at radius 1 is 1.07 bits per heavy atom. The van der Waals surface area contributed by atoms with E-state index in [2.05, 4.69) is 5.32 Å². The first-order valence-electron chi connectivity index (χ1n) is 9.11. The van der Waals surface area contributed by atoms with Crippen LogP contribution in [-0.4, -0.2) is 38.8 Å². The molecule has 0 saturated carbocycles. The second-order valence-electron chi connectivity index (χ2n) is 5.98. The van der Waals surface area contributed by atoms with Crippen molar-refractivity contribution in [1.82, 2.24) is 0 Å². The number of nitrogens with one attached hydrogen (secondary N) is 1. The van der Waals surface area contributed by atoms with Crippen molar-refractivity contribution >= 4 is 23.6 Å². The lowest BCUT2D eigenvalue weighted by Gasteiger charge is -2.15. The summed E-state index contributed by atoms with van der Waals surface area (Å²) < 4.78 is 21.0. The second kappa shape index (κ2) is 10.8. The minimum Gasteiger partial charge on any atom is -0.497 e. The molecular weight excluding hydrogens is 374 g/mol. The van der Waals surface area contributed by atoms with Crippen LogP contribution in [0.1, 0.15) is 19.4 Å². The SMILES string of the molecule is CCOc1ccccc1NC(=O)[C@H](C)OC(=O)/C=C/c1cc(OC)cc(OC)c1. The molecule has 2 aromatic rings. The average molecular weight is 399 g/mol. The van der Waals surface area contributed by atoms with Gasteiger partial charge in [0.1, 0.15) is 17.2 Å². The molecule has 0 aliphatic carbocycles. The molecule has 1 N–H and O–H groups in total. The topological polar surface area (TPSA) is 83.1 Å². The summed E-state index contributed by atoms with van der Waals surface area (Å²) in [5, 5.41) is 2.71. The van der Waals surface area contributed by atoms with Crippen LogP contribution in [0.25, 0.3) is 6.08 Å². The molecule has 0 aliphatic heterocycles. The lowest BCUT2D eigenvalue weighted by Crippen LogP contribution is -2.29. The molecule has 0 saturated heterocycles. The van der Waals surface area contributed by atoms with Gasteiger partial charge < -0.3 is 24.3 Å². The molecule has 1 amide bonds. The Labute approximate surface area is 170 Å². The first-order chi connectivity index (χ1) is 14.0. The van der Waals surface area contributed by atoms with Gasteiger partial charge in [-0.15, -0.1) is 0 Å². The van der Waals surface area contributed by atoms with Crippen LogP contribution in [0, 0.1) is 0 Å². The lowest BCUT2D eigenvalue weighted by atomic mass is 10.2. The summed E-state index contributed by atoms with van der Waals surface area (Å²) in [4.78, 5) is 24.4. The van der Waals surface area contributed by atoms with E-state index in [1.54, 1.807) is 56.7 Å². The van der Waals surface area contributed by atoms with Crippen molar-refractivity contribution in [3.63, 3.8) is 0 Å². The minimum atomic E-state index is -0.985. The van der Waals surface area contributed by atoms with Gasteiger partial charge in [-0.3, -0.25) is 4.79 Å². The van der Waals surface area contributed by atoms with Gasteiger partial charge in [-0.2, -0.15) is 0 Å². The molecule has 7 nitrogen and oxygen atoms in total. The molecule has 0 unspecified atom stereocenters. The molecule has 0 aromatic heterocycles. The molecule has 0 bridgehead atoms. The van der Waals surface area contributed by atoms with Crippen molar-refractivity contribution < 1.29 is 28.5 Å². The van der Waals surface area contributed by atoms with E-state index in [4.69, 9.17) is 18.9 Å². The first-order valence-corrected chi connectivity index (χ1v) is 9.11. The van der Waals surface area contributed by atoms with Crippen LogP contribution >= 0.6 is 0 Å². The summed E-state index contributed by atoms with van der Waals surface area (Å²) in [6.07, 6.45) is 1.82. The van der Waals surface area contributed by atoms with Crippen LogP contribution in [0.4, 0.5) is 5.69 Å². The number of amides is 1. The highest BCUT2D eigenvalue weighted by atomic mass is 16.5. The van der Waals surface area contributed by atoms with Crippen LogP contribution in [0.5, 0.6) is 17.2 Å². The first kappa shape index (κ1) is 21.8. The summed E-state index contributed by atoms with van der Waals surface area (Å²) in [5.41, 5.74) is 1.21. The predicted molar refractivity (Wildman–Crippen MR) is 110 cm³/mol. The number of hydrogen-bond acceptors (Lipinski definition) is 6. The van der Waals surface area contributed by atoms with Gasteiger partial charge >= 0.3 is 5.97 Å². The standard InChI is InChI=1S/C22H25NO6/c1-5-28-20-9-7-6-8-19(20)23-22(25)15(2)29-21(24)11-10-16-12-17(26-3)14-18(13-16)27-4/h6-15H,5H2,1-4H3,(H,23,25)/b11-10+/t15-/m0/s1. The van der Waals surface area contributed by atoms with E-state index in [1.165, 1.54) is 13.0 Å². The van der Waals surface area contributed by atoms with Crippen molar-refractivity contribution in [2.24, 2.45) is 0 Å². The fourth-order valence-electron chi connectivity index (χ4n) is 2.44. The van der Waals surface area contributed by atoms with Crippen LogP contribution in [-0.2, 0) is 14.3 Å². The average Bonchev–Trinajstić information content (AvgIpc) is 2.73. The number of hydrogen-bond donors (Lipinski definition) is 1. The van der Waals surface area contributed by atoms with E-state index in [1.807, 2.05) is 13.0 Å². The Morgan fingerprint density at radius 2 is 1.72 bits per heavy atom. The van der Waals surface area contributed by atoms with Gasteiger partial charge in [-0.25, -0.2) is 4.79 Å². The Morgan fingerprint density at radius 3 is 2.34 bits per heavy atom. The van der Waals surface area contributed by atoms with Crippen molar-refractivity contribution in [3.8, 4) is 17.2 Å². The number of benzene rings is 2. The summed E-state index contributed by atoms with van der Waals surface area (Å²) in [6, 6.07) is 12.3. The quantitative estimate of drug-likeness (QED) is 0.512. The zero-order valence-electron chi connectivity index (χ0n) is 16.9. The third-order valence-corrected chi connectivity index (χ3v) is 3.89. The number of rotatable bonds is 9. The molecule has 0 spiro atoms. The van der Waals surface area contributed by atoms with Crippen LogP contribution in [0.3, 0.4) is 0 Å². The van der Waals surface area contributed by atoms with Gasteiger partial charge in [0.05, 0.1) is 26.5 Å². The van der Waals surface area contributed by atoms with Crippen molar-refractivity contribution in [2.75, 3.05) is 26.1 Å². The zero-order valence-corrected chi connectivity index (χ0v) is 16.9. The molecule has 0 aliphatic rings. The van der Waals surface area contributed by atoms with Gasteiger partial charge in [0.25, 0.3) is 5.91 Å². The number of carbonyl (C=O) groups is 2. The van der Waals surface area contributed by atoms with E-state index >= 15 is 0 Å². The van der Waals surface area contributed by atoms with Crippen molar-refractivity contribution in [3.05, 3.63) is 54.1 Å². The minimum absolute atomic E-state index is 0.457. The predicted octanol–water partition coefficient (Wildman–Crippen LogP) is 3.69. The molecule has 0 heterocycles. The van der Waals surface area contributed by atoms with Gasteiger partial charge in [-0.05, 0) is 49.8 Å². The van der Waals surface area contributed by atoms with E-state index in [0.717, 1.165) is 0 Å². The van der Waals surface area contributed by atoms with E-state index in [9.17, 15) is 9.59 Å². The Hall–Kier alpha value is -3.48. The highest BCUT2D eigenvalue weighted by molar-refractivity contribution is 5.97. The molecule has 1 atom stereocenters. The monoisotopic (exact) mass is 399 g/mol. The van der Waals surface area contributed by atoms with Crippen molar-refractivity contribution in [2.45, 2.75) is 20.0 Å². The molecule has 7 heteroatoms. The Balaban J connectivity index is 1.98. The van der Waals surface area contributed by atoms with E-state index < -0.39 is 18.0 Å². The lowest BCUT2D eigenvalue weighted by molar-refractivity contribution is -0.148. The van der Waals surface area contributed by atoms with Gasteiger partial charge in [0.15, 0.2) is 6.10 Å². The summed E-state index contributed by atoms with van der Waals surface area (Å²) >= 11 is 0. The van der Waals surface area contributed by atoms with Crippen LogP contribution < -0.4 is 19.5 Å². The number of carbonyl (C=O) groups excluding carboxylic acids is 2. The zero-order chi connectivity index (χ0) is 21.2. The van der Waals surface area contributed by atoms with Crippen molar-refractivity contribution in [1.29, 1.82) is 0 Å². The van der Waals surface area contributed by atoms with Gasteiger partial charge in [0, 0.05) is 12.1 Å². The highest BCUT2D eigenvalue weighted by Crippen LogP contribution is 2.24. The largest absolute Gasteiger partial charge is 0.497 e. The number of methoxy groups -OCH3 is 2. The third-order valence-electron chi connectivity index (χ3n) is 3.89. The highest BCUT2D eigenvalue weighted by Gasteiger charge is 2.18. The fraction of sp³-hybridized carbons (Fsp3) is 0.273. The molecule has 154 valence electrons.